The third kappa shape index (κ3) is 2.83. The van der Waals surface area contributed by atoms with Gasteiger partial charge in [0.1, 0.15) is 0 Å². The van der Waals surface area contributed by atoms with E-state index in [0.717, 1.165) is 5.56 Å². The van der Waals surface area contributed by atoms with Crippen LogP contribution in [0.1, 0.15) is 31.7 Å². The summed E-state index contributed by atoms with van der Waals surface area (Å²) in [5, 5.41) is 0. The van der Waals surface area contributed by atoms with Crippen molar-refractivity contribution in [1.29, 1.82) is 0 Å². The molecule has 2 heterocycles. The standard InChI is InChI=1S/C18H19NO6/c1-10(20)25-14-5-3-12-7-16(21)19(17(12)18(14)22)8-11-2-4-13-15(6-11)24-9-23-13/h2,4,6,12,14,17H,3,5,7-9H2,1H3/t12-,14?,17+/m1/s1. The molecule has 1 unspecified atom stereocenters. The predicted molar refractivity (Wildman–Crippen MR) is 84.8 cm³/mol. The molecule has 4 rings (SSSR count). The van der Waals surface area contributed by atoms with Gasteiger partial charge in [0.2, 0.25) is 12.7 Å². The van der Waals surface area contributed by atoms with E-state index in [9.17, 15) is 14.4 Å². The summed E-state index contributed by atoms with van der Waals surface area (Å²) in [6.07, 6.45) is 0.819. The molecule has 1 aromatic carbocycles. The molecule has 1 aromatic rings. The van der Waals surface area contributed by atoms with Crippen LogP contribution in [0.4, 0.5) is 0 Å². The van der Waals surface area contributed by atoms with Crippen LogP contribution in [0.3, 0.4) is 0 Å². The minimum absolute atomic E-state index is 0.000758. The molecule has 132 valence electrons. The summed E-state index contributed by atoms with van der Waals surface area (Å²) in [5.41, 5.74) is 0.876. The normalized spacial score (nSPS) is 27.4. The van der Waals surface area contributed by atoms with Crippen molar-refractivity contribution in [1.82, 2.24) is 4.90 Å². The summed E-state index contributed by atoms with van der Waals surface area (Å²) in [5.74, 6) is 0.651. The van der Waals surface area contributed by atoms with Crippen molar-refractivity contribution >= 4 is 17.7 Å². The molecule has 0 spiro atoms. The van der Waals surface area contributed by atoms with Gasteiger partial charge in [0.25, 0.3) is 0 Å². The molecular formula is C18H19NO6. The minimum atomic E-state index is -0.746. The molecule has 2 fully saturated rings. The average molecular weight is 345 g/mol. The lowest BCUT2D eigenvalue weighted by Gasteiger charge is -2.34. The second-order valence-electron chi connectivity index (χ2n) is 6.70. The Morgan fingerprint density at radius 1 is 1.24 bits per heavy atom. The molecule has 1 aliphatic carbocycles. The highest BCUT2D eigenvalue weighted by molar-refractivity contribution is 5.96. The molecule has 0 radical (unpaired) electrons. The Hall–Kier alpha value is -2.57. The van der Waals surface area contributed by atoms with E-state index in [-0.39, 0.29) is 24.4 Å². The fraction of sp³-hybridized carbons (Fsp3) is 0.500. The number of carbonyl (C=O) groups excluding carboxylic acids is 3. The molecule has 7 heteroatoms. The zero-order chi connectivity index (χ0) is 17.6. The van der Waals surface area contributed by atoms with Crippen LogP contribution in [0, 0.1) is 5.92 Å². The van der Waals surface area contributed by atoms with Gasteiger partial charge >= 0.3 is 5.97 Å². The lowest BCUT2D eigenvalue weighted by atomic mass is 9.82. The molecule has 3 atom stereocenters. The number of ether oxygens (including phenoxy) is 3. The van der Waals surface area contributed by atoms with Crippen LogP contribution in [0.25, 0.3) is 0 Å². The fourth-order valence-electron chi connectivity index (χ4n) is 3.95. The number of rotatable bonds is 3. The number of fused-ring (bicyclic) bond motifs is 2. The maximum atomic E-state index is 12.8. The Morgan fingerprint density at radius 3 is 2.84 bits per heavy atom. The number of likely N-dealkylation sites (tertiary alicyclic amines) is 1. The van der Waals surface area contributed by atoms with E-state index in [1.165, 1.54) is 6.92 Å². The van der Waals surface area contributed by atoms with E-state index in [2.05, 4.69) is 0 Å². The van der Waals surface area contributed by atoms with Crippen LogP contribution in [-0.4, -0.2) is 41.5 Å². The van der Waals surface area contributed by atoms with Crippen molar-refractivity contribution in [2.75, 3.05) is 6.79 Å². The number of carbonyl (C=O) groups is 3. The number of esters is 1. The smallest absolute Gasteiger partial charge is 0.303 e. The fourth-order valence-corrected chi connectivity index (χ4v) is 3.95. The van der Waals surface area contributed by atoms with E-state index >= 15 is 0 Å². The largest absolute Gasteiger partial charge is 0.454 e. The molecule has 0 aromatic heterocycles. The Labute approximate surface area is 144 Å². The molecule has 1 saturated carbocycles. The molecule has 7 nitrogen and oxygen atoms in total. The molecule has 25 heavy (non-hydrogen) atoms. The number of ketones is 1. The third-order valence-corrected chi connectivity index (χ3v) is 5.05. The van der Waals surface area contributed by atoms with Gasteiger partial charge in [-0.15, -0.1) is 0 Å². The summed E-state index contributed by atoms with van der Waals surface area (Å²) >= 11 is 0. The lowest BCUT2D eigenvalue weighted by Crippen LogP contribution is -2.49. The SMILES string of the molecule is CC(=O)OC1CC[C@@H]2CC(=O)N(Cc3ccc4c(c3)OCO4)[C@@H]2C1=O. The number of nitrogens with zero attached hydrogens (tertiary/aromatic N) is 1. The van der Waals surface area contributed by atoms with E-state index in [0.29, 0.717) is 37.3 Å². The van der Waals surface area contributed by atoms with E-state index < -0.39 is 18.1 Å². The lowest BCUT2D eigenvalue weighted by molar-refractivity contribution is -0.158. The van der Waals surface area contributed by atoms with Gasteiger partial charge in [0.15, 0.2) is 23.4 Å². The van der Waals surface area contributed by atoms with Crippen LogP contribution in [-0.2, 0) is 25.7 Å². The van der Waals surface area contributed by atoms with E-state index in [4.69, 9.17) is 14.2 Å². The van der Waals surface area contributed by atoms with Crippen molar-refractivity contribution in [3.63, 3.8) is 0 Å². The van der Waals surface area contributed by atoms with Crippen molar-refractivity contribution in [2.24, 2.45) is 5.92 Å². The maximum absolute atomic E-state index is 12.8. The zero-order valence-electron chi connectivity index (χ0n) is 13.9. The number of hydrogen-bond acceptors (Lipinski definition) is 6. The average Bonchev–Trinajstić information content (AvgIpc) is 3.15. The summed E-state index contributed by atoms with van der Waals surface area (Å²) in [7, 11) is 0. The monoisotopic (exact) mass is 345 g/mol. The molecule has 0 bridgehead atoms. The molecule has 3 aliphatic rings. The maximum Gasteiger partial charge on any atom is 0.303 e. The second kappa shape index (κ2) is 6.06. The quantitative estimate of drug-likeness (QED) is 0.771. The predicted octanol–water partition coefficient (Wildman–Crippen LogP) is 1.43. The zero-order valence-corrected chi connectivity index (χ0v) is 13.9. The minimum Gasteiger partial charge on any atom is -0.454 e. The first-order valence-electron chi connectivity index (χ1n) is 8.42. The van der Waals surface area contributed by atoms with Gasteiger partial charge < -0.3 is 19.1 Å². The molecule has 1 amide bonds. The van der Waals surface area contributed by atoms with Gasteiger partial charge in [-0.3, -0.25) is 14.4 Å². The molecule has 2 aliphatic heterocycles. The Morgan fingerprint density at radius 2 is 2.04 bits per heavy atom. The van der Waals surface area contributed by atoms with Crippen LogP contribution in [0.15, 0.2) is 18.2 Å². The number of Topliss-reactive ketones (excluding diaryl/α,β-unsaturated/α-hetero) is 1. The number of amides is 1. The van der Waals surface area contributed by atoms with Gasteiger partial charge in [0, 0.05) is 19.9 Å². The third-order valence-electron chi connectivity index (χ3n) is 5.05. The van der Waals surface area contributed by atoms with Crippen molar-refractivity contribution < 1.29 is 28.6 Å². The first kappa shape index (κ1) is 15.9. The van der Waals surface area contributed by atoms with Crippen LogP contribution < -0.4 is 9.47 Å². The van der Waals surface area contributed by atoms with Crippen molar-refractivity contribution in [2.45, 2.75) is 44.9 Å². The summed E-state index contributed by atoms with van der Waals surface area (Å²) in [6.45, 7) is 1.81. The first-order chi connectivity index (χ1) is 12.0. The van der Waals surface area contributed by atoms with E-state index in [1.807, 2.05) is 12.1 Å². The molecular weight excluding hydrogens is 326 g/mol. The highest BCUT2D eigenvalue weighted by Crippen LogP contribution is 2.38. The van der Waals surface area contributed by atoms with Crippen LogP contribution >= 0.6 is 0 Å². The highest BCUT2D eigenvalue weighted by atomic mass is 16.7. The molecule has 1 saturated heterocycles. The second-order valence-corrected chi connectivity index (χ2v) is 6.70. The van der Waals surface area contributed by atoms with Gasteiger partial charge in [-0.25, -0.2) is 0 Å². The Balaban J connectivity index is 1.55. The summed E-state index contributed by atoms with van der Waals surface area (Å²) in [4.78, 5) is 38.0. The Kier molecular flexibility index (Phi) is 3.86. The number of hydrogen-bond donors (Lipinski definition) is 0. The topological polar surface area (TPSA) is 82.1 Å². The summed E-state index contributed by atoms with van der Waals surface area (Å²) in [6, 6.07) is 4.99. The first-order valence-corrected chi connectivity index (χ1v) is 8.42. The Bertz CT molecular complexity index is 745. The van der Waals surface area contributed by atoms with E-state index in [1.54, 1.807) is 11.0 Å². The summed E-state index contributed by atoms with van der Waals surface area (Å²) < 4.78 is 15.8. The van der Waals surface area contributed by atoms with Crippen molar-refractivity contribution in [3.05, 3.63) is 23.8 Å². The van der Waals surface area contributed by atoms with Crippen LogP contribution in [0.5, 0.6) is 11.5 Å². The van der Waals surface area contributed by atoms with Crippen molar-refractivity contribution in [3.8, 4) is 11.5 Å². The van der Waals surface area contributed by atoms with Gasteiger partial charge in [0.05, 0.1) is 6.04 Å². The van der Waals surface area contributed by atoms with Gasteiger partial charge in [-0.1, -0.05) is 6.07 Å². The highest BCUT2D eigenvalue weighted by Gasteiger charge is 2.49. The van der Waals surface area contributed by atoms with Crippen LogP contribution in [0.2, 0.25) is 0 Å². The molecule has 0 N–H and O–H groups in total. The van der Waals surface area contributed by atoms with Gasteiger partial charge in [-0.2, -0.15) is 0 Å². The number of benzene rings is 1. The van der Waals surface area contributed by atoms with Gasteiger partial charge in [-0.05, 0) is 36.5 Å².